The van der Waals surface area contributed by atoms with E-state index < -0.39 is 32.5 Å². The van der Waals surface area contributed by atoms with E-state index in [2.05, 4.69) is 19.7 Å². The molecule has 2 aromatic carbocycles. The molecule has 0 aliphatic carbocycles. The van der Waals surface area contributed by atoms with Gasteiger partial charge in [0.25, 0.3) is 10.0 Å². The van der Waals surface area contributed by atoms with E-state index in [9.17, 15) is 21.6 Å². The molecule has 9 heteroatoms. The molecule has 0 aromatic heterocycles. The standard InChI is InChI=1S/C13H7BrF3NO2S2/c14-9-2-4-10(5-3-9)21-11-6-1-8(13(15,16)17)7-12(11)22(19,20)18-21/h1-7H. The highest BCUT2D eigenvalue weighted by Gasteiger charge is 2.36. The lowest BCUT2D eigenvalue weighted by molar-refractivity contribution is -0.137. The summed E-state index contributed by atoms with van der Waals surface area (Å²) >= 11 is 3.27. The second-order valence-electron chi connectivity index (χ2n) is 4.45. The number of sulfonamides is 1. The van der Waals surface area contributed by atoms with E-state index in [0.717, 1.165) is 10.5 Å². The molecule has 1 atom stereocenters. The summed E-state index contributed by atoms with van der Waals surface area (Å²) in [6.45, 7) is 0. The van der Waals surface area contributed by atoms with Crippen LogP contribution in [-0.4, -0.2) is 8.42 Å². The lowest BCUT2D eigenvalue weighted by Crippen LogP contribution is -2.06. The Morgan fingerprint density at radius 2 is 1.68 bits per heavy atom. The maximum Gasteiger partial charge on any atom is 0.416 e. The van der Waals surface area contributed by atoms with E-state index in [1.165, 1.54) is 6.07 Å². The molecule has 1 aliphatic rings. The second kappa shape index (κ2) is 5.17. The zero-order valence-corrected chi connectivity index (χ0v) is 13.9. The summed E-state index contributed by atoms with van der Waals surface area (Å²) in [6, 6.07) is 9.57. The smallest absolute Gasteiger partial charge is 0.199 e. The van der Waals surface area contributed by atoms with Gasteiger partial charge in [0.2, 0.25) is 0 Å². The van der Waals surface area contributed by atoms with Crippen LogP contribution in [0.2, 0.25) is 0 Å². The molecule has 3 rings (SSSR count). The highest BCUT2D eigenvalue weighted by atomic mass is 79.9. The summed E-state index contributed by atoms with van der Waals surface area (Å²) < 4.78 is 66.9. The quantitative estimate of drug-likeness (QED) is 0.700. The van der Waals surface area contributed by atoms with Crippen LogP contribution in [0.1, 0.15) is 5.56 Å². The molecule has 1 aliphatic heterocycles. The van der Waals surface area contributed by atoms with Gasteiger partial charge < -0.3 is 0 Å². The van der Waals surface area contributed by atoms with Crippen LogP contribution in [0, 0.1) is 0 Å². The van der Waals surface area contributed by atoms with Gasteiger partial charge in [0.05, 0.1) is 5.56 Å². The molecule has 0 saturated heterocycles. The van der Waals surface area contributed by atoms with Crippen LogP contribution >= 0.6 is 15.9 Å². The average Bonchev–Trinajstić information content (AvgIpc) is 2.70. The highest BCUT2D eigenvalue weighted by molar-refractivity contribution is 9.10. The Kier molecular flexibility index (Phi) is 3.69. The first kappa shape index (κ1) is 15.7. The molecule has 0 spiro atoms. The van der Waals surface area contributed by atoms with E-state index in [0.29, 0.717) is 11.0 Å². The Morgan fingerprint density at radius 3 is 2.27 bits per heavy atom. The van der Waals surface area contributed by atoms with Gasteiger partial charge in [-0.25, -0.2) is 0 Å². The summed E-state index contributed by atoms with van der Waals surface area (Å²) in [5, 5.41) is 0. The molecular weight excluding hydrogens is 403 g/mol. The number of nitrogens with zero attached hydrogens (tertiary/aromatic N) is 1. The SMILES string of the molecule is O=S1(=O)N=S(c2ccc(Br)cc2)c2ccc(C(F)(F)F)cc21. The van der Waals surface area contributed by atoms with Crippen LogP contribution in [-0.2, 0) is 26.9 Å². The molecule has 0 saturated carbocycles. The van der Waals surface area contributed by atoms with Crippen molar-refractivity contribution in [2.24, 2.45) is 3.77 Å². The van der Waals surface area contributed by atoms with Crippen LogP contribution in [0.25, 0.3) is 0 Å². The average molecular weight is 410 g/mol. The second-order valence-corrected chi connectivity index (χ2v) is 8.83. The van der Waals surface area contributed by atoms with Crippen molar-refractivity contribution in [2.45, 2.75) is 20.9 Å². The molecule has 1 heterocycles. The number of alkyl halides is 3. The summed E-state index contributed by atoms with van der Waals surface area (Å²) in [7, 11) is -5.20. The number of hydrogen-bond acceptors (Lipinski definition) is 2. The maximum absolute atomic E-state index is 12.7. The van der Waals surface area contributed by atoms with Crippen LogP contribution in [0.3, 0.4) is 0 Å². The van der Waals surface area contributed by atoms with Gasteiger partial charge in [0.15, 0.2) is 0 Å². The lowest BCUT2D eigenvalue weighted by Gasteiger charge is -2.09. The van der Waals surface area contributed by atoms with Crippen molar-refractivity contribution >= 4 is 36.6 Å². The van der Waals surface area contributed by atoms with Gasteiger partial charge >= 0.3 is 6.18 Å². The fourth-order valence-corrected chi connectivity index (χ4v) is 6.24. The number of benzene rings is 2. The topological polar surface area (TPSA) is 46.5 Å². The Hall–Kier alpha value is -1.19. The van der Waals surface area contributed by atoms with Gasteiger partial charge in [-0.15, -0.1) is 3.77 Å². The molecule has 116 valence electrons. The molecular formula is C13H7BrF3NO2S2. The Bertz CT molecular complexity index is 890. The van der Waals surface area contributed by atoms with E-state index in [1.807, 2.05) is 0 Å². The Morgan fingerprint density at radius 1 is 1.05 bits per heavy atom. The van der Waals surface area contributed by atoms with Crippen LogP contribution in [0.4, 0.5) is 13.2 Å². The van der Waals surface area contributed by atoms with Gasteiger partial charge in [0, 0.05) is 14.3 Å². The maximum atomic E-state index is 12.7. The summed E-state index contributed by atoms with van der Waals surface area (Å²) in [5.41, 5.74) is -0.994. The first-order chi connectivity index (χ1) is 10.2. The Balaban J connectivity index is 2.18. The molecule has 1 unspecified atom stereocenters. The summed E-state index contributed by atoms with van der Waals surface area (Å²) in [4.78, 5) is 0.550. The lowest BCUT2D eigenvalue weighted by atomic mass is 10.2. The molecule has 0 bridgehead atoms. The minimum Gasteiger partial charge on any atom is -0.199 e. The van der Waals surface area contributed by atoms with Gasteiger partial charge in [-0.2, -0.15) is 21.6 Å². The predicted octanol–water partition coefficient (Wildman–Crippen LogP) is 4.39. The van der Waals surface area contributed by atoms with E-state index in [4.69, 9.17) is 0 Å². The molecule has 0 amide bonds. The summed E-state index contributed by atoms with van der Waals surface area (Å²) in [6.07, 6.45) is -4.59. The fraction of sp³-hybridized carbons (Fsp3) is 0.0769. The van der Waals surface area contributed by atoms with E-state index in [1.54, 1.807) is 24.3 Å². The van der Waals surface area contributed by atoms with Gasteiger partial charge in [-0.05, 0) is 53.2 Å². The minimum absolute atomic E-state index is 0.287. The van der Waals surface area contributed by atoms with E-state index in [-0.39, 0.29) is 9.79 Å². The molecule has 0 fully saturated rings. The normalized spacial score (nSPS) is 19.5. The van der Waals surface area contributed by atoms with Gasteiger partial charge in [-0.3, -0.25) is 0 Å². The third-order valence-corrected chi connectivity index (χ3v) is 7.39. The molecule has 0 radical (unpaired) electrons. The number of rotatable bonds is 1. The fourth-order valence-electron chi connectivity index (χ4n) is 1.96. The molecule has 2 aromatic rings. The summed E-state index contributed by atoms with van der Waals surface area (Å²) in [5.74, 6) is 0. The molecule has 3 nitrogen and oxygen atoms in total. The number of fused-ring (bicyclic) bond motifs is 1. The van der Waals surface area contributed by atoms with Crippen molar-refractivity contribution in [1.29, 1.82) is 0 Å². The monoisotopic (exact) mass is 409 g/mol. The van der Waals surface area contributed by atoms with Crippen molar-refractivity contribution in [3.63, 3.8) is 0 Å². The zero-order chi connectivity index (χ0) is 16.1. The van der Waals surface area contributed by atoms with Crippen molar-refractivity contribution in [3.05, 3.63) is 52.5 Å². The van der Waals surface area contributed by atoms with Crippen molar-refractivity contribution < 1.29 is 21.6 Å². The largest absolute Gasteiger partial charge is 0.416 e. The predicted molar refractivity (Wildman–Crippen MR) is 79.1 cm³/mol. The van der Waals surface area contributed by atoms with Crippen molar-refractivity contribution in [3.8, 4) is 0 Å². The number of hydrogen-bond donors (Lipinski definition) is 0. The van der Waals surface area contributed by atoms with Crippen LogP contribution < -0.4 is 0 Å². The minimum atomic E-state index is -4.59. The van der Waals surface area contributed by atoms with Crippen LogP contribution in [0.5, 0.6) is 0 Å². The third kappa shape index (κ3) is 2.72. The van der Waals surface area contributed by atoms with Crippen molar-refractivity contribution in [1.82, 2.24) is 0 Å². The molecule has 0 N–H and O–H groups in total. The van der Waals surface area contributed by atoms with Crippen LogP contribution in [0.15, 0.2) is 65.4 Å². The molecule has 22 heavy (non-hydrogen) atoms. The number of halogens is 4. The van der Waals surface area contributed by atoms with E-state index >= 15 is 0 Å². The van der Waals surface area contributed by atoms with Gasteiger partial charge in [-0.1, -0.05) is 15.9 Å². The zero-order valence-electron chi connectivity index (χ0n) is 10.6. The highest BCUT2D eigenvalue weighted by Crippen LogP contribution is 2.38. The third-order valence-electron chi connectivity index (χ3n) is 2.97. The van der Waals surface area contributed by atoms with Gasteiger partial charge in [0.1, 0.15) is 4.90 Å². The Labute approximate surface area is 135 Å². The first-order valence-corrected chi connectivity index (χ1v) is 9.29. The van der Waals surface area contributed by atoms with Crippen molar-refractivity contribution in [2.75, 3.05) is 0 Å². The first-order valence-electron chi connectivity index (χ1n) is 5.88.